The minimum atomic E-state index is -0.278. The zero-order valence-electron chi connectivity index (χ0n) is 13.3. The number of nitrogens with zero attached hydrogens (tertiary/aromatic N) is 2. The Balaban J connectivity index is 1.89. The number of rotatable bonds is 1. The number of hydrogen-bond donors (Lipinski definition) is 0. The number of aromatic nitrogens is 1. The van der Waals surface area contributed by atoms with Crippen molar-refractivity contribution < 1.29 is 0 Å². The predicted molar refractivity (Wildman–Crippen MR) is 105 cm³/mol. The summed E-state index contributed by atoms with van der Waals surface area (Å²) in [5.74, 6) is 1.07. The maximum Gasteiger partial charge on any atom is 0.157 e. The average molecular weight is 348 g/mol. The first-order valence-electron chi connectivity index (χ1n) is 8.13. The highest BCUT2D eigenvalue weighted by molar-refractivity contribution is 8.00. The van der Waals surface area contributed by atoms with E-state index in [4.69, 9.17) is 17.2 Å². The van der Waals surface area contributed by atoms with E-state index in [-0.39, 0.29) is 4.87 Å². The molecule has 0 bridgehead atoms. The van der Waals surface area contributed by atoms with Crippen LogP contribution in [-0.2, 0) is 4.87 Å². The molecular weight excluding hydrogens is 332 g/mol. The summed E-state index contributed by atoms with van der Waals surface area (Å²) in [6.45, 7) is 3.12. The normalized spacial score (nSPS) is 22.0. The van der Waals surface area contributed by atoms with E-state index in [9.17, 15) is 0 Å². The van der Waals surface area contributed by atoms with E-state index in [0.29, 0.717) is 0 Å². The number of aryl methyl sites for hydroxylation is 1. The lowest BCUT2D eigenvalue weighted by atomic mass is 9.96. The van der Waals surface area contributed by atoms with Crippen molar-refractivity contribution in [2.24, 2.45) is 0 Å². The van der Waals surface area contributed by atoms with Crippen molar-refractivity contribution in [2.45, 2.75) is 11.8 Å². The molecule has 0 N–H and O–H groups in total. The number of benzene rings is 2. The first-order valence-corrected chi connectivity index (χ1v) is 9.52. The van der Waals surface area contributed by atoms with Crippen LogP contribution in [0.15, 0.2) is 54.7 Å². The van der Waals surface area contributed by atoms with Crippen LogP contribution in [0.5, 0.6) is 0 Å². The largest absolute Gasteiger partial charge is 0.338 e. The first kappa shape index (κ1) is 14.4. The summed E-state index contributed by atoms with van der Waals surface area (Å²) >= 11 is 7.79. The Hall–Kier alpha value is -1.91. The summed E-state index contributed by atoms with van der Waals surface area (Å²) in [5.41, 5.74) is 4.89. The van der Waals surface area contributed by atoms with Crippen LogP contribution in [0.25, 0.3) is 10.8 Å². The SMILES string of the molecule is Cc1ccc2c(c1)C1(c3nccc4ccccc34)SCCN1C2=S. The molecule has 0 saturated carbocycles. The van der Waals surface area contributed by atoms with Crippen LogP contribution in [0.1, 0.15) is 22.4 Å². The van der Waals surface area contributed by atoms with Crippen molar-refractivity contribution >= 4 is 39.7 Å². The van der Waals surface area contributed by atoms with Crippen LogP contribution in [0.3, 0.4) is 0 Å². The maximum atomic E-state index is 5.83. The number of pyridine rings is 1. The van der Waals surface area contributed by atoms with Gasteiger partial charge in [0, 0.05) is 35.0 Å². The predicted octanol–water partition coefficient (Wildman–Crippen LogP) is 4.48. The third kappa shape index (κ3) is 1.73. The lowest BCUT2D eigenvalue weighted by Crippen LogP contribution is -2.38. The number of thioether (sulfide) groups is 1. The van der Waals surface area contributed by atoms with Crippen LogP contribution in [0, 0.1) is 6.92 Å². The third-order valence-electron chi connectivity index (χ3n) is 5.02. The number of fused-ring (bicyclic) bond motifs is 4. The Morgan fingerprint density at radius 2 is 2.04 bits per heavy atom. The zero-order chi connectivity index (χ0) is 16.3. The third-order valence-corrected chi connectivity index (χ3v) is 6.89. The van der Waals surface area contributed by atoms with Crippen molar-refractivity contribution in [3.63, 3.8) is 0 Å². The van der Waals surface area contributed by atoms with E-state index in [2.05, 4.69) is 60.4 Å². The fourth-order valence-corrected chi connectivity index (χ4v) is 5.97. The molecule has 2 aliphatic heterocycles. The van der Waals surface area contributed by atoms with Gasteiger partial charge in [0.25, 0.3) is 0 Å². The molecule has 1 fully saturated rings. The lowest BCUT2D eigenvalue weighted by molar-refractivity contribution is 0.381. The van der Waals surface area contributed by atoms with Crippen molar-refractivity contribution in [2.75, 3.05) is 12.3 Å². The van der Waals surface area contributed by atoms with E-state index in [0.717, 1.165) is 23.0 Å². The quantitative estimate of drug-likeness (QED) is 0.602. The Kier molecular flexibility index (Phi) is 3.03. The molecule has 0 aliphatic carbocycles. The molecule has 3 aromatic rings. The summed E-state index contributed by atoms with van der Waals surface area (Å²) < 4.78 is 0. The van der Waals surface area contributed by atoms with Gasteiger partial charge in [-0.1, -0.05) is 60.2 Å². The number of thiocarbonyl (C=S) groups is 1. The molecule has 5 rings (SSSR count). The molecule has 4 heteroatoms. The van der Waals surface area contributed by atoms with Gasteiger partial charge < -0.3 is 4.90 Å². The number of hydrogen-bond acceptors (Lipinski definition) is 3. The molecule has 0 radical (unpaired) electrons. The van der Waals surface area contributed by atoms with Gasteiger partial charge in [0.2, 0.25) is 0 Å². The molecule has 24 heavy (non-hydrogen) atoms. The van der Waals surface area contributed by atoms with Crippen molar-refractivity contribution in [1.29, 1.82) is 0 Å². The van der Waals surface area contributed by atoms with E-state index < -0.39 is 0 Å². The molecule has 0 spiro atoms. The molecule has 1 atom stereocenters. The minimum Gasteiger partial charge on any atom is -0.338 e. The highest BCUT2D eigenvalue weighted by Crippen LogP contribution is 2.56. The van der Waals surface area contributed by atoms with Crippen molar-refractivity contribution in [3.8, 4) is 0 Å². The topological polar surface area (TPSA) is 16.1 Å². The molecular formula is C20H16N2S2. The molecule has 118 valence electrons. The standard InChI is InChI=1S/C20H16N2S2/c1-13-6-7-16-17(12-13)20(22(19(16)23)10-11-24-20)18-15-5-3-2-4-14(15)8-9-21-18/h2-9,12H,10-11H2,1H3. The van der Waals surface area contributed by atoms with Gasteiger partial charge >= 0.3 is 0 Å². The van der Waals surface area contributed by atoms with E-state index in [1.54, 1.807) is 0 Å². The molecule has 1 unspecified atom stereocenters. The summed E-state index contributed by atoms with van der Waals surface area (Å²) in [4.78, 5) is 7.93. The molecule has 2 aromatic carbocycles. The Morgan fingerprint density at radius 3 is 2.96 bits per heavy atom. The minimum absolute atomic E-state index is 0.278. The summed E-state index contributed by atoms with van der Waals surface area (Å²) in [6.07, 6.45) is 1.93. The van der Waals surface area contributed by atoms with Gasteiger partial charge in [-0.05, 0) is 18.4 Å². The average Bonchev–Trinajstić information content (AvgIpc) is 3.14. The van der Waals surface area contributed by atoms with Crippen LogP contribution < -0.4 is 0 Å². The van der Waals surface area contributed by atoms with Gasteiger partial charge in [-0.2, -0.15) is 0 Å². The summed E-state index contributed by atoms with van der Waals surface area (Å²) in [5, 5.41) is 2.45. The zero-order valence-corrected chi connectivity index (χ0v) is 15.0. The van der Waals surface area contributed by atoms with Crippen LogP contribution in [-0.4, -0.2) is 27.2 Å². The summed E-state index contributed by atoms with van der Waals surface area (Å²) in [7, 11) is 0. The van der Waals surface area contributed by atoms with Gasteiger partial charge in [0.1, 0.15) is 4.99 Å². The fraction of sp³-hybridized carbons (Fsp3) is 0.200. The molecule has 2 nitrogen and oxygen atoms in total. The maximum absolute atomic E-state index is 5.83. The molecule has 1 aromatic heterocycles. The van der Waals surface area contributed by atoms with Gasteiger partial charge in [-0.25, -0.2) is 0 Å². The van der Waals surface area contributed by atoms with E-state index >= 15 is 0 Å². The Bertz CT molecular complexity index is 993. The molecule has 2 aliphatic rings. The van der Waals surface area contributed by atoms with E-state index in [1.165, 1.54) is 27.5 Å². The van der Waals surface area contributed by atoms with Crippen LogP contribution >= 0.6 is 24.0 Å². The van der Waals surface area contributed by atoms with Crippen LogP contribution in [0.2, 0.25) is 0 Å². The smallest absolute Gasteiger partial charge is 0.157 e. The highest BCUT2D eigenvalue weighted by atomic mass is 32.2. The van der Waals surface area contributed by atoms with Crippen LogP contribution in [0.4, 0.5) is 0 Å². The monoisotopic (exact) mass is 348 g/mol. The fourth-order valence-electron chi connectivity index (χ4n) is 3.97. The van der Waals surface area contributed by atoms with Gasteiger partial charge in [0.05, 0.1) is 5.69 Å². The second kappa shape index (κ2) is 5.04. The highest BCUT2D eigenvalue weighted by Gasteiger charge is 2.54. The Morgan fingerprint density at radius 1 is 1.17 bits per heavy atom. The molecule has 1 saturated heterocycles. The molecule has 3 heterocycles. The lowest BCUT2D eigenvalue weighted by Gasteiger charge is -2.33. The van der Waals surface area contributed by atoms with Gasteiger partial charge in [0.15, 0.2) is 4.87 Å². The summed E-state index contributed by atoms with van der Waals surface area (Å²) in [6, 6.07) is 17.2. The van der Waals surface area contributed by atoms with Gasteiger partial charge in [-0.15, -0.1) is 11.8 Å². The van der Waals surface area contributed by atoms with Crippen molar-refractivity contribution in [3.05, 3.63) is 77.1 Å². The van der Waals surface area contributed by atoms with Gasteiger partial charge in [-0.3, -0.25) is 4.98 Å². The Labute approximate surface area is 150 Å². The second-order valence-corrected chi connectivity index (χ2v) is 8.05. The molecule has 0 amide bonds. The van der Waals surface area contributed by atoms with Crippen molar-refractivity contribution in [1.82, 2.24) is 9.88 Å². The van der Waals surface area contributed by atoms with E-state index in [1.807, 2.05) is 18.0 Å². The second-order valence-electron chi connectivity index (χ2n) is 6.38. The first-order chi connectivity index (χ1) is 11.7.